The van der Waals surface area contributed by atoms with Crippen molar-refractivity contribution in [3.05, 3.63) is 30.1 Å². The third-order valence-corrected chi connectivity index (χ3v) is 5.84. The normalized spacial score (nSPS) is 16.2. The molecule has 7 heteroatoms. The van der Waals surface area contributed by atoms with Gasteiger partial charge in [0, 0.05) is 13.0 Å². The maximum absolute atomic E-state index is 12.8. The lowest BCUT2D eigenvalue weighted by Crippen LogP contribution is -2.31. The summed E-state index contributed by atoms with van der Waals surface area (Å²) in [5, 5.41) is 5.93. The molecule has 0 bridgehead atoms. The molecule has 1 fully saturated rings. The van der Waals surface area contributed by atoms with Gasteiger partial charge in [-0.3, -0.25) is 4.79 Å². The lowest BCUT2D eigenvalue weighted by atomic mass is 9.93. The molecule has 0 aliphatic carbocycles. The highest BCUT2D eigenvalue weighted by molar-refractivity contribution is 7.91. The minimum absolute atomic E-state index is 0.0721. The Labute approximate surface area is 136 Å². The standard InChI is InChI=1S/C16H23FN2O3S/c17-14-2-4-15(5-3-14)23(21,22)12-11-19-16(20)6-1-13-7-9-18-10-8-13/h2-5,13,18H,1,6-12H2,(H,19,20). The summed E-state index contributed by atoms with van der Waals surface area (Å²) in [5.74, 6) is -0.199. The van der Waals surface area contributed by atoms with Gasteiger partial charge in [-0.15, -0.1) is 0 Å². The van der Waals surface area contributed by atoms with Gasteiger partial charge in [-0.1, -0.05) is 0 Å². The molecule has 0 saturated carbocycles. The summed E-state index contributed by atoms with van der Waals surface area (Å²) >= 11 is 0. The fourth-order valence-electron chi connectivity index (χ4n) is 2.68. The molecule has 0 radical (unpaired) electrons. The van der Waals surface area contributed by atoms with Gasteiger partial charge in [0.25, 0.3) is 0 Å². The van der Waals surface area contributed by atoms with Crippen molar-refractivity contribution < 1.29 is 17.6 Å². The minimum Gasteiger partial charge on any atom is -0.355 e. The summed E-state index contributed by atoms with van der Waals surface area (Å²) < 4.78 is 36.9. The summed E-state index contributed by atoms with van der Waals surface area (Å²) in [6.45, 7) is 2.08. The Balaban J connectivity index is 1.70. The van der Waals surface area contributed by atoms with E-state index in [9.17, 15) is 17.6 Å². The monoisotopic (exact) mass is 342 g/mol. The van der Waals surface area contributed by atoms with E-state index < -0.39 is 15.7 Å². The predicted octanol–water partition coefficient (Wildman–Crippen LogP) is 1.50. The highest BCUT2D eigenvalue weighted by atomic mass is 32.2. The second kappa shape index (κ2) is 8.40. The first kappa shape index (κ1) is 17.9. The summed E-state index contributed by atoms with van der Waals surface area (Å²) in [6, 6.07) is 4.71. The van der Waals surface area contributed by atoms with Crippen LogP contribution in [0.3, 0.4) is 0 Å². The van der Waals surface area contributed by atoms with Gasteiger partial charge < -0.3 is 10.6 Å². The lowest BCUT2D eigenvalue weighted by molar-refractivity contribution is -0.121. The van der Waals surface area contributed by atoms with Crippen molar-refractivity contribution in [3.63, 3.8) is 0 Å². The zero-order chi connectivity index (χ0) is 16.7. The molecule has 1 aromatic rings. The van der Waals surface area contributed by atoms with E-state index >= 15 is 0 Å². The number of piperidine rings is 1. The molecule has 5 nitrogen and oxygen atoms in total. The maximum atomic E-state index is 12.8. The van der Waals surface area contributed by atoms with Crippen molar-refractivity contribution in [1.29, 1.82) is 0 Å². The third kappa shape index (κ3) is 5.91. The van der Waals surface area contributed by atoms with Crippen LogP contribution < -0.4 is 10.6 Å². The molecule has 0 atom stereocenters. The van der Waals surface area contributed by atoms with Crippen LogP contribution in [-0.2, 0) is 14.6 Å². The number of amides is 1. The summed E-state index contributed by atoms with van der Waals surface area (Å²) in [7, 11) is -3.50. The molecule has 0 aromatic heterocycles. The minimum atomic E-state index is -3.50. The number of carbonyl (C=O) groups excluding carboxylic acids is 1. The predicted molar refractivity (Wildman–Crippen MR) is 86.3 cm³/mol. The molecule has 23 heavy (non-hydrogen) atoms. The Morgan fingerprint density at radius 3 is 2.52 bits per heavy atom. The van der Waals surface area contributed by atoms with E-state index in [1.54, 1.807) is 0 Å². The molecule has 1 amide bonds. The maximum Gasteiger partial charge on any atom is 0.220 e. The number of rotatable bonds is 7. The van der Waals surface area contributed by atoms with Crippen LogP contribution in [0.1, 0.15) is 25.7 Å². The Morgan fingerprint density at radius 1 is 1.22 bits per heavy atom. The Kier molecular flexibility index (Phi) is 6.53. The van der Waals surface area contributed by atoms with Crippen molar-refractivity contribution >= 4 is 15.7 Å². The molecule has 1 heterocycles. The summed E-state index contributed by atoms with van der Waals surface area (Å²) in [6.07, 6.45) is 3.46. The molecule has 128 valence electrons. The fourth-order valence-corrected chi connectivity index (χ4v) is 3.84. The van der Waals surface area contributed by atoms with Crippen LogP contribution in [0.4, 0.5) is 4.39 Å². The van der Waals surface area contributed by atoms with Gasteiger partial charge in [-0.25, -0.2) is 12.8 Å². The van der Waals surface area contributed by atoms with Gasteiger partial charge in [0.1, 0.15) is 5.82 Å². The van der Waals surface area contributed by atoms with Crippen molar-refractivity contribution in [3.8, 4) is 0 Å². The fraction of sp³-hybridized carbons (Fsp3) is 0.562. The van der Waals surface area contributed by atoms with Crippen LogP contribution in [0.2, 0.25) is 0 Å². The van der Waals surface area contributed by atoms with Gasteiger partial charge in [0.15, 0.2) is 9.84 Å². The summed E-state index contributed by atoms with van der Waals surface area (Å²) in [4.78, 5) is 11.9. The summed E-state index contributed by atoms with van der Waals surface area (Å²) in [5.41, 5.74) is 0. The zero-order valence-electron chi connectivity index (χ0n) is 13.1. The topological polar surface area (TPSA) is 75.3 Å². The molecule has 1 saturated heterocycles. The number of benzene rings is 1. The van der Waals surface area contributed by atoms with Crippen molar-refractivity contribution in [1.82, 2.24) is 10.6 Å². The van der Waals surface area contributed by atoms with E-state index in [1.165, 1.54) is 12.1 Å². The van der Waals surface area contributed by atoms with E-state index in [0.29, 0.717) is 12.3 Å². The van der Waals surface area contributed by atoms with Gasteiger partial charge >= 0.3 is 0 Å². The van der Waals surface area contributed by atoms with Crippen molar-refractivity contribution in [2.75, 3.05) is 25.4 Å². The number of hydrogen-bond donors (Lipinski definition) is 2. The Morgan fingerprint density at radius 2 is 1.87 bits per heavy atom. The average molecular weight is 342 g/mol. The van der Waals surface area contributed by atoms with Gasteiger partial charge in [0.2, 0.25) is 5.91 Å². The number of nitrogens with one attached hydrogen (secondary N) is 2. The molecule has 1 aromatic carbocycles. The van der Waals surface area contributed by atoms with Gasteiger partial charge in [-0.2, -0.15) is 0 Å². The zero-order valence-corrected chi connectivity index (χ0v) is 13.9. The van der Waals surface area contributed by atoms with Crippen LogP contribution in [0.25, 0.3) is 0 Å². The van der Waals surface area contributed by atoms with Crippen LogP contribution in [0.5, 0.6) is 0 Å². The molecule has 0 spiro atoms. The molecule has 1 aliphatic rings. The second-order valence-electron chi connectivity index (χ2n) is 5.85. The van der Waals surface area contributed by atoms with E-state index in [4.69, 9.17) is 0 Å². The molecular weight excluding hydrogens is 319 g/mol. The van der Waals surface area contributed by atoms with Crippen LogP contribution in [-0.4, -0.2) is 39.7 Å². The smallest absolute Gasteiger partial charge is 0.220 e. The SMILES string of the molecule is O=C(CCC1CCNCC1)NCCS(=O)(=O)c1ccc(F)cc1. The molecule has 2 N–H and O–H groups in total. The quantitative estimate of drug-likeness (QED) is 0.736. The first-order valence-electron chi connectivity index (χ1n) is 7.93. The molecule has 0 unspecified atom stereocenters. The number of halogens is 1. The number of carbonyl (C=O) groups is 1. The third-order valence-electron chi connectivity index (χ3n) is 4.10. The highest BCUT2D eigenvalue weighted by Crippen LogP contribution is 2.17. The highest BCUT2D eigenvalue weighted by Gasteiger charge is 2.16. The number of hydrogen-bond acceptors (Lipinski definition) is 4. The van der Waals surface area contributed by atoms with Crippen molar-refractivity contribution in [2.45, 2.75) is 30.6 Å². The van der Waals surface area contributed by atoms with Crippen molar-refractivity contribution in [2.24, 2.45) is 5.92 Å². The van der Waals surface area contributed by atoms with Crippen LogP contribution in [0, 0.1) is 11.7 Å². The van der Waals surface area contributed by atoms with Crippen LogP contribution in [0.15, 0.2) is 29.2 Å². The van der Waals surface area contributed by atoms with Gasteiger partial charge in [0.05, 0.1) is 10.6 Å². The largest absolute Gasteiger partial charge is 0.355 e. The molecule has 2 rings (SSSR count). The Bertz CT molecular complexity index is 611. The average Bonchev–Trinajstić information content (AvgIpc) is 2.54. The van der Waals surface area contributed by atoms with E-state index in [-0.39, 0.29) is 23.1 Å². The molecular formula is C16H23FN2O3S. The van der Waals surface area contributed by atoms with Crippen LogP contribution >= 0.6 is 0 Å². The molecule has 1 aliphatic heterocycles. The lowest BCUT2D eigenvalue weighted by Gasteiger charge is -2.22. The number of sulfone groups is 1. The first-order valence-corrected chi connectivity index (χ1v) is 9.58. The first-order chi connectivity index (χ1) is 11.0. The Hall–Kier alpha value is -1.47. The van der Waals surface area contributed by atoms with Gasteiger partial charge in [-0.05, 0) is 62.5 Å². The van der Waals surface area contributed by atoms with E-state index in [2.05, 4.69) is 10.6 Å². The van der Waals surface area contributed by atoms with E-state index in [1.807, 2.05) is 0 Å². The van der Waals surface area contributed by atoms with E-state index in [0.717, 1.165) is 44.5 Å². The second-order valence-corrected chi connectivity index (χ2v) is 7.96.